The van der Waals surface area contributed by atoms with E-state index in [9.17, 15) is 0 Å². The Hall–Kier alpha value is -2.97. The molecule has 13 heteroatoms. The van der Waals surface area contributed by atoms with Crippen molar-refractivity contribution in [1.82, 2.24) is 15.0 Å². The highest BCUT2D eigenvalue weighted by Gasteiger charge is 2.60. The molecule has 4 aliphatic rings. The van der Waals surface area contributed by atoms with Gasteiger partial charge in [0.05, 0.1) is 0 Å². The summed E-state index contributed by atoms with van der Waals surface area (Å²) in [7, 11) is 0. The quantitative estimate of drug-likeness (QED) is 0.503. The van der Waals surface area contributed by atoms with Crippen molar-refractivity contribution in [2.75, 3.05) is 24.0 Å². The Labute approximate surface area is 226 Å². The number of rotatable bonds is 8. The Kier molecular flexibility index (Phi) is 6.66. The van der Waals surface area contributed by atoms with Gasteiger partial charge in [-0.3, -0.25) is 0 Å². The second-order valence-electron chi connectivity index (χ2n) is 11.1. The third kappa shape index (κ3) is 5.54. The fourth-order valence-electron chi connectivity index (χ4n) is 5.11. The van der Waals surface area contributed by atoms with Gasteiger partial charge in [-0.15, -0.1) is 0 Å². The second kappa shape index (κ2) is 9.89. The molecule has 0 spiro atoms. The molecule has 5 heterocycles. The Morgan fingerprint density at radius 3 is 2.49 bits per heavy atom. The van der Waals surface area contributed by atoms with Gasteiger partial charge >= 0.3 is 6.01 Å². The number of aromatic nitrogens is 3. The summed E-state index contributed by atoms with van der Waals surface area (Å²) in [6.45, 7) is 12.2. The molecule has 0 saturated carbocycles. The number of nitrogens with one attached hydrogen (secondary N) is 2. The molecule has 0 bridgehead atoms. The van der Waals surface area contributed by atoms with Crippen molar-refractivity contribution in [3.63, 3.8) is 0 Å². The summed E-state index contributed by atoms with van der Waals surface area (Å²) < 4.78 is 47.8. The van der Waals surface area contributed by atoms with Crippen molar-refractivity contribution in [2.24, 2.45) is 0 Å². The van der Waals surface area contributed by atoms with Gasteiger partial charge in [0.1, 0.15) is 31.0 Å². The summed E-state index contributed by atoms with van der Waals surface area (Å²) in [5, 5.41) is 6.45. The van der Waals surface area contributed by atoms with Crippen LogP contribution in [0.5, 0.6) is 17.5 Å². The fraction of sp³-hybridized carbons (Fsp3) is 0.654. The first-order valence-corrected chi connectivity index (χ1v) is 13.2. The molecule has 0 aliphatic carbocycles. The maximum Gasteiger partial charge on any atom is 0.323 e. The Bertz CT molecular complexity index is 1210. The van der Waals surface area contributed by atoms with Gasteiger partial charge in [-0.1, -0.05) is 12.1 Å². The maximum atomic E-state index is 6.24. The van der Waals surface area contributed by atoms with Gasteiger partial charge in [-0.25, -0.2) is 0 Å². The van der Waals surface area contributed by atoms with Crippen LogP contribution < -0.4 is 24.8 Å². The molecule has 212 valence electrons. The first-order chi connectivity index (χ1) is 18.6. The predicted molar refractivity (Wildman–Crippen MR) is 136 cm³/mol. The predicted octanol–water partition coefficient (Wildman–Crippen LogP) is 2.81. The summed E-state index contributed by atoms with van der Waals surface area (Å²) in [5.41, 5.74) is 0.921. The number of para-hydroxylation sites is 1. The highest BCUT2D eigenvalue weighted by molar-refractivity contribution is 5.49. The third-order valence-corrected chi connectivity index (χ3v) is 6.58. The molecule has 2 N–H and O–H groups in total. The smallest absolute Gasteiger partial charge is 0.323 e. The summed E-state index contributed by atoms with van der Waals surface area (Å²) in [6, 6.07) is 5.98. The van der Waals surface area contributed by atoms with E-state index in [4.69, 9.17) is 37.9 Å². The molecule has 5 atom stereocenters. The van der Waals surface area contributed by atoms with E-state index >= 15 is 0 Å². The molecule has 0 radical (unpaired) electrons. The first-order valence-electron chi connectivity index (χ1n) is 13.2. The van der Waals surface area contributed by atoms with E-state index < -0.39 is 36.2 Å². The molecule has 3 fully saturated rings. The molecular formula is C26H35N5O8. The van der Waals surface area contributed by atoms with E-state index in [1.165, 1.54) is 0 Å². The minimum atomic E-state index is -0.799. The number of hydrogen-bond donors (Lipinski definition) is 2. The van der Waals surface area contributed by atoms with Crippen LogP contribution in [0.1, 0.15) is 47.1 Å². The molecule has 13 nitrogen and oxygen atoms in total. The zero-order valence-electron chi connectivity index (χ0n) is 22.9. The maximum absolute atomic E-state index is 6.24. The van der Waals surface area contributed by atoms with Crippen molar-refractivity contribution in [1.29, 1.82) is 0 Å². The monoisotopic (exact) mass is 545 g/mol. The van der Waals surface area contributed by atoms with E-state index in [0.29, 0.717) is 29.9 Å². The summed E-state index contributed by atoms with van der Waals surface area (Å²) in [4.78, 5) is 13.4. The Balaban J connectivity index is 1.18. The van der Waals surface area contributed by atoms with Crippen LogP contribution in [0.2, 0.25) is 0 Å². The lowest BCUT2D eigenvalue weighted by molar-refractivity contribution is -0.238. The van der Waals surface area contributed by atoms with Crippen molar-refractivity contribution >= 4 is 11.9 Å². The van der Waals surface area contributed by atoms with Crippen molar-refractivity contribution in [3.05, 3.63) is 23.8 Å². The zero-order chi connectivity index (χ0) is 27.4. The molecule has 0 unspecified atom stereocenters. The molecule has 1 aromatic carbocycles. The van der Waals surface area contributed by atoms with Crippen LogP contribution in [0.3, 0.4) is 0 Å². The largest absolute Gasteiger partial charge is 0.460 e. The molecule has 2 aromatic rings. The van der Waals surface area contributed by atoms with Gasteiger partial charge < -0.3 is 48.5 Å². The topological polar surface area (TPSA) is 137 Å². The second-order valence-corrected chi connectivity index (χ2v) is 11.1. The number of hydrogen-bond acceptors (Lipinski definition) is 13. The van der Waals surface area contributed by atoms with Gasteiger partial charge in [-0.2, -0.15) is 15.0 Å². The Morgan fingerprint density at radius 2 is 1.67 bits per heavy atom. The van der Waals surface area contributed by atoms with Crippen molar-refractivity contribution in [3.8, 4) is 17.5 Å². The van der Waals surface area contributed by atoms with Crippen LogP contribution in [0.4, 0.5) is 11.9 Å². The minimum Gasteiger partial charge on any atom is -0.460 e. The van der Waals surface area contributed by atoms with E-state index in [1.54, 1.807) is 0 Å². The lowest BCUT2D eigenvalue weighted by Crippen LogP contribution is -2.56. The number of nitrogens with zero attached hydrogens (tertiary/aromatic N) is 3. The van der Waals surface area contributed by atoms with Crippen LogP contribution in [0.15, 0.2) is 18.2 Å². The molecular weight excluding hydrogens is 510 g/mol. The number of ether oxygens (including phenoxy) is 8. The standard InChI is InChI=1S/C26H35N5O8/c1-13(2)28-23-29-22(27-10-14-8-7-9-15-17(14)34-12-33-15)30-24(31-23)32-11-16-18-19(37-25(3,4)36-18)20-21(35-16)39-26(5,6)38-20/h7-9,13,16,18-21H,10-12H2,1-6H3,(H2,27,28,29,30,31)/t16-,18+,19+,20-,21-/m1/s1. The average molecular weight is 546 g/mol. The summed E-state index contributed by atoms with van der Waals surface area (Å²) >= 11 is 0. The molecule has 1 aromatic heterocycles. The molecule has 6 rings (SSSR count). The number of benzene rings is 1. The van der Waals surface area contributed by atoms with E-state index in [2.05, 4.69) is 25.6 Å². The van der Waals surface area contributed by atoms with Crippen LogP contribution >= 0.6 is 0 Å². The van der Waals surface area contributed by atoms with Crippen molar-refractivity contribution < 1.29 is 37.9 Å². The van der Waals surface area contributed by atoms with Crippen LogP contribution in [-0.2, 0) is 30.2 Å². The van der Waals surface area contributed by atoms with E-state index in [1.807, 2.05) is 59.7 Å². The van der Waals surface area contributed by atoms with Gasteiger partial charge in [0.25, 0.3) is 0 Å². The highest BCUT2D eigenvalue weighted by Crippen LogP contribution is 2.44. The first kappa shape index (κ1) is 26.3. The molecule has 4 aliphatic heterocycles. The summed E-state index contributed by atoms with van der Waals surface area (Å²) in [5.74, 6) is 0.555. The zero-order valence-corrected chi connectivity index (χ0v) is 22.9. The minimum absolute atomic E-state index is 0.101. The molecule has 0 amide bonds. The van der Waals surface area contributed by atoms with Crippen LogP contribution in [0.25, 0.3) is 0 Å². The Morgan fingerprint density at radius 1 is 0.923 bits per heavy atom. The number of fused-ring (bicyclic) bond motifs is 4. The third-order valence-electron chi connectivity index (χ3n) is 6.58. The average Bonchev–Trinajstić information content (AvgIpc) is 3.54. The number of anilines is 2. The summed E-state index contributed by atoms with van der Waals surface area (Å²) in [6.07, 6.45) is -2.32. The van der Waals surface area contributed by atoms with Crippen molar-refractivity contribution in [2.45, 2.75) is 96.4 Å². The highest BCUT2D eigenvalue weighted by atomic mass is 16.9. The fourth-order valence-corrected chi connectivity index (χ4v) is 5.11. The van der Waals surface area contributed by atoms with E-state index in [-0.39, 0.29) is 31.6 Å². The normalized spacial score (nSPS) is 29.7. The van der Waals surface area contributed by atoms with E-state index in [0.717, 1.165) is 5.56 Å². The lowest BCUT2D eigenvalue weighted by Gasteiger charge is -2.36. The van der Waals surface area contributed by atoms with Gasteiger partial charge in [0.15, 0.2) is 29.4 Å². The van der Waals surface area contributed by atoms with Crippen LogP contribution in [0, 0.1) is 0 Å². The SMILES string of the molecule is CC(C)Nc1nc(NCc2cccc3c2OCO3)nc(OC[C@H]2O[C@@H]3OC(C)(C)O[C@@H]3[C@H]3OC(C)(C)O[C@H]32)n1. The lowest BCUT2D eigenvalue weighted by atomic mass is 9.99. The van der Waals surface area contributed by atoms with Gasteiger partial charge in [0.2, 0.25) is 18.7 Å². The van der Waals surface area contributed by atoms with Gasteiger partial charge in [-0.05, 0) is 47.6 Å². The van der Waals surface area contributed by atoms with Crippen LogP contribution in [-0.4, -0.2) is 76.7 Å². The molecule has 3 saturated heterocycles. The van der Waals surface area contributed by atoms with Gasteiger partial charge in [0, 0.05) is 18.2 Å². The molecule has 39 heavy (non-hydrogen) atoms.